The van der Waals surface area contributed by atoms with Crippen LogP contribution in [0.4, 0.5) is 4.79 Å². The van der Waals surface area contributed by atoms with E-state index in [0.29, 0.717) is 18.5 Å². The molecule has 0 atom stereocenters. The van der Waals surface area contributed by atoms with E-state index in [4.69, 9.17) is 5.11 Å². The number of rotatable bonds is 7. The molecule has 0 radical (unpaired) electrons. The third-order valence-corrected chi connectivity index (χ3v) is 5.07. The Balaban J connectivity index is 1.88. The summed E-state index contributed by atoms with van der Waals surface area (Å²) in [5.41, 5.74) is 6.56. The van der Waals surface area contributed by atoms with Crippen LogP contribution in [0.25, 0.3) is 16.8 Å². The van der Waals surface area contributed by atoms with Crippen molar-refractivity contribution >= 4 is 23.3 Å². The second kappa shape index (κ2) is 9.35. The zero-order chi connectivity index (χ0) is 21.7. The Morgan fingerprint density at radius 3 is 2.53 bits per heavy atom. The standard InChI is InChI=1S/C25H26N2O3/c1-4-7-23-22(24(28)14-16(2)26-23)15-18-10-12-19(13-11-18)21-9-6-5-8-20(21)17(3)27-25(29)30/h5-6,8-13,27H,3-4,7,14-15H2,1-2H3,(H,29,30). The molecule has 0 saturated carbocycles. The molecule has 0 aromatic heterocycles. The van der Waals surface area contributed by atoms with Gasteiger partial charge in [-0.1, -0.05) is 68.5 Å². The number of allylic oxidation sites excluding steroid dienone is 2. The molecule has 3 rings (SSSR count). The number of nitrogens with one attached hydrogen (secondary N) is 1. The van der Waals surface area contributed by atoms with Gasteiger partial charge in [-0.05, 0) is 30.0 Å². The van der Waals surface area contributed by atoms with E-state index >= 15 is 0 Å². The van der Waals surface area contributed by atoms with Gasteiger partial charge < -0.3 is 5.11 Å². The minimum atomic E-state index is -1.14. The first-order valence-electron chi connectivity index (χ1n) is 10.1. The molecular weight excluding hydrogens is 376 g/mol. The first-order valence-corrected chi connectivity index (χ1v) is 10.1. The lowest BCUT2D eigenvalue weighted by atomic mass is 9.91. The molecule has 1 heterocycles. The molecule has 2 aromatic rings. The van der Waals surface area contributed by atoms with Gasteiger partial charge in [0.1, 0.15) is 0 Å². The summed E-state index contributed by atoms with van der Waals surface area (Å²) in [6, 6.07) is 15.5. The molecule has 2 N–H and O–H groups in total. The molecule has 1 aliphatic heterocycles. The van der Waals surface area contributed by atoms with Gasteiger partial charge >= 0.3 is 6.09 Å². The Morgan fingerprint density at radius 2 is 1.87 bits per heavy atom. The van der Waals surface area contributed by atoms with E-state index in [1.54, 1.807) is 0 Å². The second-order valence-electron chi connectivity index (χ2n) is 7.45. The average Bonchev–Trinajstić information content (AvgIpc) is 2.71. The molecule has 0 bridgehead atoms. The highest BCUT2D eigenvalue weighted by Gasteiger charge is 2.21. The Hall–Kier alpha value is -3.47. The van der Waals surface area contributed by atoms with E-state index < -0.39 is 6.09 Å². The highest BCUT2D eigenvalue weighted by atomic mass is 16.4. The van der Waals surface area contributed by atoms with Crippen LogP contribution in [-0.4, -0.2) is 22.7 Å². The van der Waals surface area contributed by atoms with Crippen molar-refractivity contribution in [2.75, 3.05) is 0 Å². The number of amides is 1. The van der Waals surface area contributed by atoms with Crippen molar-refractivity contribution in [1.82, 2.24) is 5.32 Å². The van der Waals surface area contributed by atoms with Crippen molar-refractivity contribution < 1.29 is 14.7 Å². The number of carbonyl (C=O) groups is 2. The molecular formula is C25H26N2O3. The van der Waals surface area contributed by atoms with Gasteiger partial charge in [-0.25, -0.2) is 4.79 Å². The largest absolute Gasteiger partial charge is 0.465 e. The van der Waals surface area contributed by atoms with E-state index in [-0.39, 0.29) is 5.78 Å². The number of Topliss-reactive ketones (excluding diaryl/α,β-unsaturated/α-hetero) is 1. The Bertz CT molecular complexity index is 1050. The molecule has 0 spiro atoms. The van der Waals surface area contributed by atoms with Crippen LogP contribution in [0.15, 0.2) is 71.4 Å². The highest BCUT2D eigenvalue weighted by Crippen LogP contribution is 2.29. The summed E-state index contributed by atoms with van der Waals surface area (Å²) < 4.78 is 0. The van der Waals surface area contributed by atoms with Crippen molar-refractivity contribution in [3.63, 3.8) is 0 Å². The van der Waals surface area contributed by atoms with Crippen LogP contribution in [0.3, 0.4) is 0 Å². The van der Waals surface area contributed by atoms with Crippen LogP contribution < -0.4 is 5.32 Å². The normalized spacial score (nSPS) is 13.8. The summed E-state index contributed by atoms with van der Waals surface area (Å²) in [5.74, 6) is 0.163. The number of hydrogen-bond donors (Lipinski definition) is 2. The fraction of sp³-hybridized carbons (Fsp3) is 0.240. The predicted molar refractivity (Wildman–Crippen MR) is 120 cm³/mol. The highest BCUT2D eigenvalue weighted by molar-refractivity contribution is 6.11. The van der Waals surface area contributed by atoms with Crippen molar-refractivity contribution in [2.24, 2.45) is 4.99 Å². The van der Waals surface area contributed by atoms with Gasteiger partial charge in [0.05, 0.1) is 0 Å². The van der Waals surface area contributed by atoms with Crippen LogP contribution in [0.5, 0.6) is 0 Å². The van der Waals surface area contributed by atoms with Gasteiger partial charge in [0.2, 0.25) is 0 Å². The van der Waals surface area contributed by atoms with E-state index in [0.717, 1.165) is 52.1 Å². The van der Waals surface area contributed by atoms with E-state index in [1.165, 1.54) is 0 Å². The van der Waals surface area contributed by atoms with Gasteiger partial charge in [-0.2, -0.15) is 0 Å². The van der Waals surface area contributed by atoms with Crippen molar-refractivity contribution in [1.29, 1.82) is 0 Å². The maximum absolute atomic E-state index is 12.6. The topological polar surface area (TPSA) is 78.8 Å². The molecule has 154 valence electrons. The quantitative estimate of drug-likeness (QED) is 0.631. The molecule has 2 aromatic carbocycles. The van der Waals surface area contributed by atoms with Crippen LogP contribution in [0.2, 0.25) is 0 Å². The molecule has 30 heavy (non-hydrogen) atoms. The van der Waals surface area contributed by atoms with Crippen LogP contribution in [-0.2, 0) is 11.2 Å². The van der Waals surface area contributed by atoms with Gasteiger partial charge in [-0.15, -0.1) is 0 Å². The summed E-state index contributed by atoms with van der Waals surface area (Å²) in [7, 11) is 0. The zero-order valence-corrected chi connectivity index (χ0v) is 17.4. The lowest BCUT2D eigenvalue weighted by Gasteiger charge is -2.17. The molecule has 0 aliphatic carbocycles. The molecule has 1 amide bonds. The van der Waals surface area contributed by atoms with E-state index in [9.17, 15) is 9.59 Å². The first kappa shape index (κ1) is 21.2. The molecule has 0 unspecified atom stereocenters. The summed E-state index contributed by atoms with van der Waals surface area (Å²) in [6.07, 6.45) is 1.58. The average molecular weight is 402 g/mol. The van der Waals surface area contributed by atoms with E-state index in [1.807, 2.05) is 55.5 Å². The summed E-state index contributed by atoms with van der Waals surface area (Å²) in [6.45, 7) is 7.84. The zero-order valence-electron chi connectivity index (χ0n) is 17.4. The molecule has 1 aliphatic rings. The van der Waals surface area contributed by atoms with Gasteiger partial charge in [0.15, 0.2) is 5.78 Å². The number of carbonyl (C=O) groups excluding carboxylic acids is 1. The minimum Gasteiger partial charge on any atom is -0.465 e. The van der Waals surface area contributed by atoms with E-state index in [2.05, 4.69) is 23.8 Å². The Morgan fingerprint density at radius 1 is 1.17 bits per heavy atom. The summed E-state index contributed by atoms with van der Waals surface area (Å²) >= 11 is 0. The molecule has 5 nitrogen and oxygen atoms in total. The fourth-order valence-corrected chi connectivity index (χ4v) is 3.68. The summed E-state index contributed by atoms with van der Waals surface area (Å²) in [4.78, 5) is 28.2. The number of hydrogen-bond acceptors (Lipinski definition) is 3. The number of aliphatic imine (C=N–C) groups is 1. The third kappa shape index (κ3) is 4.92. The maximum atomic E-state index is 12.6. The smallest absolute Gasteiger partial charge is 0.409 e. The Kier molecular flexibility index (Phi) is 6.62. The van der Waals surface area contributed by atoms with Crippen molar-refractivity contribution in [3.8, 4) is 11.1 Å². The fourth-order valence-electron chi connectivity index (χ4n) is 3.68. The lowest BCUT2D eigenvalue weighted by Crippen LogP contribution is -2.18. The van der Waals surface area contributed by atoms with Gasteiger partial charge in [-0.3, -0.25) is 15.1 Å². The first-order chi connectivity index (χ1) is 14.4. The third-order valence-electron chi connectivity index (χ3n) is 5.07. The van der Waals surface area contributed by atoms with Crippen LogP contribution in [0.1, 0.15) is 44.2 Å². The minimum absolute atomic E-state index is 0.163. The van der Waals surface area contributed by atoms with Crippen LogP contribution in [0, 0.1) is 0 Å². The number of nitrogens with zero attached hydrogens (tertiary/aromatic N) is 1. The number of benzene rings is 2. The molecule has 0 saturated heterocycles. The monoisotopic (exact) mass is 402 g/mol. The Labute approximate surface area is 176 Å². The maximum Gasteiger partial charge on any atom is 0.409 e. The number of carboxylic acid groups (broad SMARTS) is 1. The SMILES string of the molecule is C=C(NC(=O)O)c1ccccc1-c1ccc(CC2=C(CCC)N=C(C)CC2=O)cc1. The molecule has 0 fully saturated rings. The molecule has 5 heteroatoms. The predicted octanol–water partition coefficient (Wildman–Crippen LogP) is 5.62. The van der Waals surface area contributed by atoms with Crippen molar-refractivity contribution in [2.45, 2.75) is 39.5 Å². The van der Waals surface area contributed by atoms with Gasteiger partial charge in [0, 0.05) is 41.1 Å². The summed E-state index contributed by atoms with van der Waals surface area (Å²) in [5, 5.41) is 11.3. The lowest BCUT2D eigenvalue weighted by molar-refractivity contribution is -0.114. The van der Waals surface area contributed by atoms with Crippen molar-refractivity contribution in [3.05, 3.63) is 77.5 Å². The van der Waals surface area contributed by atoms with Crippen LogP contribution >= 0.6 is 0 Å². The number of ketones is 1. The van der Waals surface area contributed by atoms with Gasteiger partial charge in [0.25, 0.3) is 0 Å². The second-order valence-corrected chi connectivity index (χ2v) is 7.45.